The molecule has 0 aliphatic heterocycles. The molecule has 0 saturated carbocycles. The van der Waals surface area contributed by atoms with Crippen LogP contribution in [0.2, 0.25) is 0 Å². The van der Waals surface area contributed by atoms with Gasteiger partial charge in [-0.3, -0.25) is 0 Å². The minimum absolute atomic E-state index is 0.254. The molecule has 0 bridgehead atoms. The number of phenols is 1. The third-order valence-corrected chi connectivity index (χ3v) is 3.16. The zero-order chi connectivity index (χ0) is 11.6. The van der Waals surface area contributed by atoms with Gasteiger partial charge >= 0.3 is 0 Å². The van der Waals surface area contributed by atoms with E-state index in [-0.39, 0.29) is 5.75 Å². The van der Waals surface area contributed by atoms with Gasteiger partial charge in [-0.05, 0) is 30.2 Å². The topological polar surface area (TPSA) is 20.2 Å². The summed E-state index contributed by atoms with van der Waals surface area (Å²) in [6.07, 6.45) is 0. The molecule has 0 aliphatic carbocycles. The highest BCUT2D eigenvalue weighted by atomic mass is 35.5. The molecule has 2 rings (SSSR count). The van der Waals surface area contributed by atoms with Gasteiger partial charge in [0.15, 0.2) is 0 Å². The summed E-state index contributed by atoms with van der Waals surface area (Å²) in [4.78, 5) is -0.561. The Morgan fingerprint density at radius 3 is 1.94 bits per heavy atom. The van der Waals surface area contributed by atoms with E-state index in [0.717, 1.165) is 11.1 Å². The molecule has 0 amide bonds. The fourth-order valence-electron chi connectivity index (χ4n) is 1.69. The first-order valence-corrected chi connectivity index (χ1v) is 5.52. The Labute approximate surface area is 100 Å². The molecule has 0 aliphatic rings. The van der Waals surface area contributed by atoms with Crippen LogP contribution in [0.25, 0.3) is 0 Å². The second-order valence-corrected chi connectivity index (χ2v) is 4.67. The molecular weight excluding hydrogens is 220 g/mol. The molecule has 16 heavy (non-hydrogen) atoms. The zero-order valence-corrected chi connectivity index (χ0v) is 9.78. The van der Waals surface area contributed by atoms with Crippen LogP contribution in [0.3, 0.4) is 0 Å². The molecule has 0 heterocycles. The van der Waals surface area contributed by atoms with Crippen molar-refractivity contribution in [2.45, 2.75) is 11.8 Å². The predicted octanol–water partition coefficient (Wildman–Crippen LogP) is 3.89. The Bertz CT molecular complexity index is 460. The molecule has 1 unspecified atom stereocenters. The first kappa shape index (κ1) is 11.0. The summed E-state index contributed by atoms with van der Waals surface area (Å²) >= 11 is 6.56. The minimum Gasteiger partial charge on any atom is -0.508 e. The van der Waals surface area contributed by atoms with Crippen molar-refractivity contribution in [2.75, 3.05) is 0 Å². The first-order chi connectivity index (χ1) is 7.60. The smallest absolute Gasteiger partial charge is 0.115 e. The van der Waals surface area contributed by atoms with Gasteiger partial charge in [-0.25, -0.2) is 0 Å². The summed E-state index contributed by atoms with van der Waals surface area (Å²) in [5.41, 5.74) is 2.01. The molecule has 2 heteroatoms. The molecule has 0 fully saturated rings. The maximum Gasteiger partial charge on any atom is 0.115 e. The Morgan fingerprint density at radius 2 is 1.38 bits per heavy atom. The number of alkyl halides is 1. The lowest BCUT2D eigenvalue weighted by atomic mass is 9.92. The SMILES string of the molecule is CC(Cl)(c1ccccc1)c1ccc(O)cc1. The van der Waals surface area contributed by atoms with E-state index in [9.17, 15) is 5.11 Å². The predicted molar refractivity (Wildman–Crippen MR) is 66.9 cm³/mol. The van der Waals surface area contributed by atoms with Gasteiger partial charge in [-0.15, -0.1) is 11.6 Å². The van der Waals surface area contributed by atoms with Gasteiger partial charge < -0.3 is 5.11 Å². The van der Waals surface area contributed by atoms with Crippen LogP contribution in [0.5, 0.6) is 5.75 Å². The monoisotopic (exact) mass is 232 g/mol. The number of hydrogen-bond donors (Lipinski definition) is 1. The standard InChI is InChI=1S/C14H13ClO/c1-14(15,11-5-3-2-4-6-11)12-7-9-13(16)10-8-12/h2-10,16H,1H3. The van der Waals surface area contributed by atoms with Crippen molar-refractivity contribution in [3.63, 3.8) is 0 Å². The molecule has 2 aromatic carbocycles. The van der Waals surface area contributed by atoms with Crippen LogP contribution < -0.4 is 0 Å². The third kappa shape index (κ3) is 2.05. The van der Waals surface area contributed by atoms with Crippen molar-refractivity contribution in [3.8, 4) is 5.75 Å². The average molecular weight is 233 g/mol. The average Bonchev–Trinajstić information content (AvgIpc) is 2.31. The number of hydrogen-bond acceptors (Lipinski definition) is 1. The fourth-order valence-corrected chi connectivity index (χ4v) is 1.94. The summed E-state index contributed by atoms with van der Waals surface area (Å²) in [6, 6.07) is 16.9. The largest absolute Gasteiger partial charge is 0.508 e. The molecule has 0 radical (unpaired) electrons. The molecule has 1 nitrogen and oxygen atoms in total. The Balaban J connectivity index is 2.43. The number of phenolic OH excluding ortho intramolecular Hbond substituents is 1. The molecule has 2 aromatic rings. The van der Waals surface area contributed by atoms with Crippen LogP contribution in [-0.4, -0.2) is 5.11 Å². The van der Waals surface area contributed by atoms with Crippen molar-refractivity contribution >= 4 is 11.6 Å². The van der Waals surface area contributed by atoms with Crippen LogP contribution >= 0.6 is 11.6 Å². The second kappa shape index (κ2) is 4.18. The Morgan fingerprint density at radius 1 is 0.875 bits per heavy atom. The first-order valence-electron chi connectivity index (χ1n) is 5.14. The number of aromatic hydroxyl groups is 1. The van der Waals surface area contributed by atoms with Gasteiger partial charge in [-0.2, -0.15) is 0 Å². The fraction of sp³-hybridized carbons (Fsp3) is 0.143. The van der Waals surface area contributed by atoms with E-state index in [1.165, 1.54) is 0 Å². The van der Waals surface area contributed by atoms with E-state index in [1.54, 1.807) is 12.1 Å². The van der Waals surface area contributed by atoms with Gasteiger partial charge in [0.25, 0.3) is 0 Å². The summed E-state index contributed by atoms with van der Waals surface area (Å²) < 4.78 is 0. The number of rotatable bonds is 2. The van der Waals surface area contributed by atoms with E-state index in [4.69, 9.17) is 11.6 Å². The number of halogens is 1. The lowest BCUT2D eigenvalue weighted by Gasteiger charge is -2.23. The Hall–Kier alpha value is -1.47. The Kier molecular flexibility index (Phi) is 2.88. The summed E-state index contributed by atoms with van der Waals surface area (Å²) in [5.74, 6) is 0.254. The van der Waals surface area contributed by atoms with Crippen molar-refractivity contribution in [2.24, 2.45) is 0 Å². The van der Waals surface area contributed by atoms with Gasteiger partial charge in [0, 0.05) is 0 Å². The highest BCUT2D eigenvalue weighted by Gasteiger charge is 2.25. The van der Waals surface area contributed by atoms with E-state index < -0.39 is 4.87 Å². The second-order valence-electron chi connectivity index (χ2n) is 3.92. The molecule has 82 valence electrons. The van der Waals surface area contributed by atoms with Gasteiger partial charge in [0.1, 0.15) is 5.75 Å². The quantitative estimate of drug-likeness (QED) is 0.779. The summed E-state index contributed by atoms with van der Waals surface area (Å²) in [5, 5.41) is 9.25. The minimum atomic E-state index is -0.561. The van der Waals surface area contributed by atoms with E-state index >= 15 is 0 Å². The lowest BCUT2D eigenvalue weighted by Crippen LogP contribution is -2.15. The number of benzene rings is 2. The van der Waals surface area contributed by atoms with Crippen molar-refractivity contribution in [1.29, 1.82) is 0 Å². The van der Waals surface area contributed by atoms with Gasteiger partial charge in [0.05, 0.1) is 4.87 Å². The van der Waals surface area contributed by atoms with Gasteiger partial charge in [0.2, 0.25) is 0 Å². The maximum atomic E-state index is 9.25. The summed E-state index contributed by atoms with van der Waals surface area (Å²) in [7, 11) is 0. The van der Waals surface area contributed by atoms with E-state index in [2.05, 4.69) is 0 Å². The third-order valence-electron chi connectivity index (χ3n) is 2.73. The molecule has 1 atom stereocenters. The van der Waals surface area contributed by atoms with E-state index in [1.807, 2.05) is 49.4 Å². The molecule has 0 aromatic heterocycles. The van der Waals surface area contributed by atoms with Crippen LogP contribution in [0.4, 0.5) is 0 Å². The van der Waals surface area contributed by atoms with Crippen molar-refractivity contribution in [1.82, 2.24) is 0 Å². The summed E-state index contributed by atoms with van der Waals surface area (Å²) in [6.45, 7) is 1.95. The van der Waals surface area contributed by atoms with Crippen LogP contribution in [0.15, 0.2) is 54.6 Å². The van der Waals surface area contributed by atoms with Crippen LogP contribution in [0.1, 0.15) is 18.1 Å². The van der Waals surface area contributed by atoms with Crippen molar-refractivity contribution < 1.29 is 5.11 Å². The van der Waals surface area contributed by atoms with Gasteiger partial charge in [-0.1, -0.05) is 42.5 Å². The van der Waals surface area contributed by atoms with Crippen LogP contribution in [-0.2, 0) is 4.87 Å². The lowest BCUT2D eigenvalue weighted by molar-refractivity contribution is 0.475. The molecule has 1 N–H and O–H groups in total. The van der Waals surface area contributed by atoms with E-state index in [0.29, 0.717) is 0 Å². The highest BCUT2D eigenvalue weighted by molar-refractivity contribution is 6.25. The van der Waals surface area contributed by atoms with Crippen LogP contribution in [0, 0.1) is 0 Å². The molecule has 0 spiro atoms. The molecular formula is C14H13ClO. The highest BCUT2D eigenvalue weighted by Crippen LogP contribution is 2.36. The zero-order valence-electron chi connectivity index (χ0n) is 9.02. The normalized spacial score (nSPS) is 14.4. The maximum absolute atomic E-state index is 9.25. The molecule has 0 saturated heterocycles. The van der Waals surface area contributed by atoms with Crippen molar-refractivity contribution in [3.05, 3.63) is 65.7 Å².